The van der Waals surface area contributed by atoms with Gasteiger partial charge in [-0.3, -0.25) is 4.79 Å². The molecule has 1 atom stereocenters. The molecule has 0 saturated carbocycles. The molecule has 15 heavy (non-hydrogen) atoms. The number of primary amides is 1. The highest BCUT2D eigenvalue weighted by Gasteiger charge is 2.06. The molecule has 0 saturated heterocycles. The molecule has 0 spiro atoms. The van der Waals surface area contributed by atoms with Gasteiger partial charge in [-0.1, -0.05) is 18.2 Å². The Morgan fingerprint density at radius 3 is 2.73 bits per heavy atom. The third kappa shape index (κ3) is 3.93. The van der Waals surface area contributed by atoms with Crippen molar-refractivity contribution in [1.82, 2.24) is 0 Å². The molecular formula is C11H16N2OS. The molecule has 0 aliphatic carbocycles. The molecule has 1 aromatic carbocycles. The number of amides is 1. The third-order valence-corrected chi connectivity index (χ3v) is 3.20. The van der Waals surface area contributed by atoms with Crippen molar-refractivity contribution < 1.29 is 4.79 Å². The van der Waals surface area contributed by atoms with Gasteiger partial charge in [0.1, 0.15) is 0 Å². The molecule has 0 fully saturated rings. The van der Waals surface area contributed by atoms with Gasteiger partial charge >= 0.3 is 0 Å². The molecule has 0 heterocycles. The fraction of sp³-hybridized carbons (Fsp3) is 0.364. The van der Waals surface area contributed by atoms with Gasteiger partial charge in [-0.25, -0.2) is 0 Å². The number of hydrogen-bond donors (Lipinski definition) is 2. The van der Waals surface area contributed by atoms with Gasteiger partial charge in [0.15, 0.2) is 0 Å². The summed E-state index contributed by atoms with van der Waals surface area (Å²) in [4.78, 5) is 11.1. The Balaban J connectivity index is 2.63. The fourth-order valence-electron chi connectivity index (χ4n) is 1.24. The van der Waals surface area contributed by atoms with E-state index in [0.29, 0.717) is 5.56 Å². The predicted octanol–water partition coefficient (Wildman–Crippen LogP) is 1.37. The van der Waals surface area contributed by atoms with E-state index in [9.17, 15) is 4.79 Å². The highest BCUT2D eigenvalue weighted by atomic mass is 32.2. The van der Waals surface area contributed by atoms with Crippen molar-refractivity contribution in [3.8, 4) is 0 Å². The second-order valence-electron chi connectivity index (χ2n) is 3.51. The van der Waals surface area contributed by atoms with Crippen LogP contribution in [0.2, 0.25) is 0 Å². The maximum Gasteiger partial charge on any atom is 0.249 e. The smallest absolute Gasteiger partial charge is 0.249 e. The minimum Gasteiger partial charge on any atom is -0.366 e. The molecule has 1 rings (SSSR count). The van der Waals surface area contributed by atoms with Crippen LogP contribution in [0.25, 0.3) is 0 Å². The van der Waals surface area contributed by atoms with E-state index in [0.717, 1.165) is 17.1 Å². The Morgan fingerprint density at radius 1 is 1.47 bits per heavy atom. The molecule has 1 unspecified atom stereocenters. The zero-order valence-electron chi connectivity index (χ0n) is 8.77. The molecule has 4 heteroatoms. The van der Waals surface area contributed by atoms with Gasteiger partial charge in [-0.15, -0.1) is 0 Å². The van der Waals surface area contributed by atoms with E-state index in [1.54, 1.807) is 17.8 Å². The number of rotatable bonds is 5. The van der Waals surface area contributed by atoms with Gasteiger partial charge in [0, 0.05) is 23.1 Å². The summed E-state index contributed by atoms with van der Waals surface area (Å²) in [5.74, 6) is 1.29. The maximum absolute atomic E-state index is 11.1. The zero-order valence-corrected chi connectivity index (χ0v) is 9.59. The first-order chi connectivity index (χ1) is 7.11. The van der Waals surface area contributed by atoms with Crippen LogP contribution < -0.4 is 11.5 Å². The van der Waals surface area contributed by atoms with Crippen LogP contribution in [0, 0.1) is 0 Å². The number of hydrogen-bond acceptors (Lipinski definition) is 3. The van der Waals surface area contributed by atoms with Crippen LogP contribution in [0.3, 0.4) is 0 Å². The standard InChI is InChI=1S/C11H16N2OS/c1-8(12)6-15-7-9-4-2-3-5-10(9)11(13)14/h2-5,8H,6-7,12H2,1H3,(H2,13,14). The number of nitrogens with two attached hydrogens (primary N) is 2. The average molecular weight is 224 g/mol. The lowest BCUT2D eigenvalue weighted by molar-refractivity contribution is 0.0999. The Labute approximate surface area is 94.2 Å². The van der Waals surface area contributed by atoms with E-state index in [2.05, 4.69) is 0 Å². The van der Waals surface area contributed by atoms with Crippen LogP contribution in [-0.2, 0) is 5.75 Å². The molecule has 0 aliphatic heterocycles. The Hall–Kier alpha value is -1.00. The van der Waals surface area contributed by atoms with Gasteiger partial charge in [-0.05, 0) is 18.6 Å². The highest BCUT2D eigenvalue weighted by molar-refractivity contribution is 7.98. The largest absolute Gasteiger partial charge is 0.366 e. The molecule has 82 valence electrons. The van der Waals surface area contributed by atoms with Crippen molar-refractivity contribution in [1.29, 1.82) is 0 Å². The fourth-order valence-corrected chi connectivity index (χ4v) is 2.20. The van der Waals surface area contributed by atoms with E-state index in [1.807, 2.05) is 25.1 Å². The molecule has 0 radical (unpaired) electrons. The summed E-state index contributed by atoms with van der Waals surface area (Å²) in [6, 6.07) is 7.59. The van der Waals surface area contributed by atoms with Crippen LogP contribution in [0.4, 0.5) is 0 Å². The lowest BCUT2D eigenvalue weighted by Gasteiger charge is -2.07. The maximum atomic E-state index is 11.1. The van der Waals surface area contributed by atoms with E-state index in [1.165, 1.54) is 0 Å². The predicted molar refractivity (Wildman–Crippen MR) is 64.8 cm³/mol. The second kappa shape index (κ2) is 5.78. The first-order valence-electron chi connectivity index (χ1n) is 4.82. The van der Waals surface area contributed by atoms with Gasteiger partial charge in [0.2, 0.25) is 5.91 Å². The number of benzene rings is 1. The minimum atomic E-state index is -0.369. The molecule has 0 aliphatic rings. The molecule has 0 bridgehead atoms. The van der Waals surface area contributed by atoms with Gasteiger partial charge < -0.3 is 11.5 Å². The van der Waals surface area contributed by atoms with E-state index < -0.39 is 0 Å². The first-order valence-corrected chi connectivity index (χ1v) is 5.97. The summed E-state index contributed by atoms with van der Waals surface area (Å²) >= 11 is 1.71. The Bertz CT molecular complexity index is 339. The third-order valence-electron chi connectivity index (χ3n) is 1.92. The Morgan fingerprint density at radius 2 is 2.13 bits per heavy atom. The lowest BCUT2D eigenvalue weighted by Crippen LogP contribution is -2.18. The van der Waals surface area contributed by atoms with Crippen molar-refractivity contribution in [3.63, 3.8) is 0 Å². The summed E-state index contributed by atoms with van der Waals surface area (Å²) in [6.07, 6.45) is 0. The second-order valence-corrected chi connectivity index (χ2v) is 4.54. The number of carbonyl (C=O) groups excluding carboxylic acids is 1. The quantitative estimate of drug-likeness (QED) is 0.793. The SMILES string of the molecule is CC(N)CSCc1ccccc1C(N)=O. The van der Waals surface area contributed by atoms with Crippen molar-refractivity contribution in [2.75, 3.05) is 5.75 Å². The van der Waals surface area contributed by atoms with Crippen molar-refractivity contribution in [2.24, 2.45) is 11.5 Å². The normalized spacial score (nSPS) is 12.4. The summed E-state index contributed by atoms with van der Waals surface area (Å²) in [6.45, 7) is 1.97. The summed E-state index contributed by atoms with van der Waals surface area (Å²) < 4.78 is 0. The van der Waals surface area contributed by atoms with Crippen molar-refractivity contribution >= 4 is 17.7 Å². The van der Waals surface area contributed by atoms with Crippen molar-refractivity contribution in [3.05, 3.63) is 35.4 Å². The van der Waals surface area contributed by atoms with E-state index in [4.69, 9.17) is 11.5 Å². The molecule has 1 aromatic rings. The van der Waals surface area contributed by atoms with Gasteiger partial charge in [-0.2, -0.15) is 11.8 Å². The van der Waals surface area contributed by atoms with Crippen LogP contribution >= 0.6 is 11.8 Å². The molecular weight excluding hydrogens is 208 g/mol. The summed E-state index contributed by atoms with van der Waals surface area (Å²) in [5.41, 5.74) is 12.5. The highest BCUT2D eigenvalue weighted by Crippen LogP contribution is 2.16. The van der Waals surface area contributed by atoms with Gasteiger partial charge in [0.05, 0.1) is 0 Å². The number of carbonyl (C=O) groups is 1. The molecule has 4 N–H and O–H groups in total. The number of thioether (sulfide) groups is 1. The van der Waals surface area contributed by atoms with Crippen LogP contribution in [0.15, 0.2) is 24.3 Å². The summed E-state index contributed by atoms with van der Waals surface area (Å²) in [5, 5.41) is 0. The average Bonchev–Trinajstić information content (AvgIpc) is 2.17. The molecule has 0 aromatic heterocycles. The van der Waals surface area contributed by atoms with Crippen LogP contribution in [0.1, 0.15) is 22.8 Å². The summed E-state index contributed by atoms with van der Waals surface area (Å²) in [7, 11) is 0. The van der Waals surface area contributed by atoms with E-state index >= 15 is 0 Å². The van der Waals surface area contributed by atoms with Crippen LogP contribution in [-0.4, -0.2) is 17.7 Å². The topological polar surface area (TPSA) is 69.1 Å². The lowest BCUT2D eigenvalue weighted by atomic mass is 10.1. The van der Waals surface area contributed by atoms with Gasteiger partial charge in [0.25, 0.3) is 0 Å². The first kappa shape index (κ1) is 12.1. The zero-order chi connectivity index (χ0) is 11.3. The van der Waals surface area contributed by atoms with Crippen molar-refractivity contribution in [2.45, 2.75) is 18.7 Å². The molecule has 3 nitrogen and oxygen atoms in total. The van der Waals surface area contributed by atoms with Crippen LogP contribution in [0.5, 0.6) is 0 Å². The monoisotopic (exact) mass is 224 g/mol. The molecule has 1 amide bonds. The minimum absolute atomic E-state index is 0.177. The van der Waals surface area contributed by atoms with E-state index in [-0.39, 0.29) is 11.9 Å². The Kier molecular flexibility index (Phi) is 4.65.